The maximum absolute atomic E-state index is 14.5. The standard InChI is InChI=1S/C22H15F2N3O3/c1-11-6-7-13(22(29)30)10-15(11)19-14-8-9-18(28)27(21(14)26-12(2)25-19)20-16(23)4-3-5-17(20)24/h3-10H,1-2H3,(H,29,30). The molecule has 0 aliphatic rings. The van der Waals surface area contributed by atoms with Crippen molar-refractivity contribution in [1.29, 1.82) is 0 Å². The summed E-state index contributed by atoms with van der Waals surface area (Å²) in [5.74, 6) is -2.66. The number of carbonyl (C=O) groups is 1. The van der Waals surface area contributed by atoms with Crippen LogP contribution in [0.25, 0.3) is 28.0 Å². The topological polar surface area (TPSA) is 85.1 Å². The molecular formula is C22H15F2N3O3. The van der Waals surface area contributed by atoms with Gasteiger partial charge in [0.2, 0.25) is 0 Å². The summed E-state index contributed by atoms with van der Waals surface area (Å²) in [5.41, 5.74) is 0.518. The van der Waals surface area contributed by atoms with Gasteiger partial charge in [0, 0.05) is 17.0 Å². The van der Waals surface area contributed by atoms with Crippen molar-refractivity contribution in [3.8, 4) is 16.9 Å². The molecule has 0 spiro atoms. The van der Waals surface area contributed by atoms with Gasteiger partial charge in [0.25, 0.3) is 5.56 Å². The third-order valence-electron chi connectivity index (χ3n) is 4.76. The Hall–Kier alpha value is -3.94. The molecule has 150 valence electrons. The van der Waals surface area contributed by atoms with E-state index >= 15 is 0 Å². The molecule has 30 heavy (non-hydrogen) atoms. The normalized spacial score (nSPS) is 11.1. The average molecular weight is 407 g/mol. The molecule has 0 aliphatic carbocycles. The summed E-state index contributed by atoms with van der Waals surface area (Å²) in [6.45, 7) is 3.37. The molecule has 0 atom stereocenters. The van der Waals surface area contributed by atoms with E-state index in [1.807, 2.05) is 0 Å². The summed E-state index contributed by atoms with van der Waals surface area (Å²) in [5, 5.41) is 9.70. The molecule has 0 saturated heterocycles. The van der Waals surface area contributed by atoms with Crippen LogP contribution in [0, 0.1) is 25.5 Å². The van der Waals surface area contributed by atoms with Crippen LogP contribution >= 0.6 is 0 Å². The Balaban J connectivity index is 2.13. The number of hydrogen-bond acceptors (Lipinski definition) is 4. The number of aromatic nitrogens is 3. The molecule has 0 aliphatic heterocycles. The van der Waals surface area contributed by atoms with Crippen LogP contribution in [0.3, 0.4) is 0 Å². The maximum atomic E-state index is 14.5. The minimum absolute atomic E-state index is 0.0223. The van der Waals surface area contributed by atoms with Crippen molar-refractivity contribution < 1.29 is 18.7 Å². The highest BCUT2D eigenvalue weighted by molar-refractivity contribution is 5.95. The minimum atomic E-state index is -1.10. The number of carboxylic acids is 1. The van der Waals surface area contributed by atoms with E-state index in [9.17, 15) is 23.5 Å². The van der Waals surface area contributed by atoms with Crippen LogP contribution in [0.1, 0.15) is 21.7 Å². The Morgan fingerprint density at radius 2 is 1.70 bits per heavy atom. The van der Waals surface area contributed by atoms with E-state index in [4.69, 9.17) is 0 Å². The smallest absolute Gasteiger partial charge is 0.335 e. The van der Waals surface area contributed by atoms with Gasteiger partial charge in [0.05, 0.1) is 11.3 Å². The summed E-state index contributed by atoms with van der Waals surface area (Å²) < 4.78 is 29.8. The second-order valence-electron chi connectivity index (χ2n) is 6.77. The second kappa shape index (κ2) is 7.14. The van der Waals surface area contributed by atoms with Crippen LogP contribution in [0.5, 0.6) is 0 Å². The van der Waals surface area contributed by atoms with Crippen molar-refractivity contribution in [3.05, 3.63) is 87.5 Å². The Morgan fingerprint density at radius 1 is 1.00 bits per heavy atom. The fourth-order valence-corrected chi connectivity index (χ4v) is 3.36. The van der Waals surface area contributed by atoms with Crippen LogP contribution in [0.15, 0.2) is 53.3 Å². The first-order valence-corrected chi connectivity index (χ1v) is 8.97. The molecule has 4 aromatic rings. The van der Waals surface area contributed by atoms with Crippen molar-refractivity contribution in [1.82, 2.24) is 14.5 Å². The zero-order valence-electron chi connectivity index (χ0n) is 16.0. The predicted octanol–water partition coefficient (Wildman–Crippen LogP) is 4.04. The molecule has 2 heterocycles. The number of fused-ring (bicyclic) bond motifs is 1. The van der Waals surface area contributed by atoms with Crippen molar-refractivity contribution in [3.63, 3.8) is 0 Å². The number of halogens is 2. The number of aryl methyl sites for hydroxylation is 2. The van der Waals surface area contributed by atoms with Gasteiger partial charge in [-0.05, 0) is 49.7 Å². The lowest BCUT2D eigenvalue weighted by atomic mass is 9.99. The van der Waals surface area contributed by atoms with Crippen molar-refractivity contribution >= 4 is 17.0 Å². The summed E-state index contributed by atoms with van der Waals surface area (Å²) >= 11 is 0. The number of hydrogen-bond donors (Lipinski definition) is 1. The SMILES string of the molecule is Cc1nc(-c2cc(C(=O)O)ccc2C)c2ccc(=O)n(-c3c(F)cccc3F)c2n1. The van der Waals surface area contributed by atoms with Gasteiger partial charge in [0.15, 0.2) is 5.65 Å². The zero-order valence-corrected chi connectivity index (χ0v) is 16.0. The van der Waals surface area contributed by atoms with Gasteiger partial charge in [-0.1, -0.05) is 12.1 Å². The van der Waals surface area contributed by atoms with Crippen LogP contribution in [-0.2, 0) is 0 Å². The Bertz CT molecular complexity index is 1380. The Kier molecular flexibility index (Phi) is 4.62. The molecular weight excluding hydrogens is 392 g/mol. The molecule has 4 rings (SSSR count). The Morgan fingerprint density at radius 3 is 2.37 bits per heavy atom. The van der Waals surface area contributed by atoms with Crippen LogP contribution < -0.4 is 5.56 Å². The maximum Gasteiger partial charge on any atom is 0.335 e. The molecule has 8 heteroatoms. The highest BCUT2D eigenvalue weighted by Gasteiger charge is 2.20. The third-order valence-corrected chi connectivity index (χ3v) is 4.76. The lowest BCUT2D eigenvalue weighted by Gasteiger charge is -2.15. The third kappa shape index (κ3) is 3.12. The largest absolute Gasteiger partial charge is 0.478 e. The average Bonchev–Trinajstić information content (AvgIpc) is 2.69. The number of carboxylic acid groups (broad SMARTS) is 1. The van der Waals surface area contributed by atoms with Gasteiger partial charge in [-0.3, -0.25) is 9.36 Å². The molecule has 6 nitrogen and oxygen atoms in total. The van der Waals surface area contributed by atoms with Gasteiger partial charge in [-0.2, -0.15) is 0 Å². The van der Waals surface area contributed by atoms with Crippen LogP contribution in [0.4, 0.5) is 8.78 Å². The van der Waals surface area contributed by atoms with Crippen molar-refractivity contribution in [2.75, 3.05) is 0 Å². The second-order valence-corrected chi connectivity index (χ2v) is 6.77. The van der Waals surface area contributed by atoms with Gasteiger partial charge < -0.3 is 5.11 Å². The monoisotopic (exact) mass is 407 g/mol. The molecule has 0 amide bonds. The highest BCUT2D eigenvalue weighted by atomic mass is 19.1. The van der Waals surface area contributed by atoms with Crippen LogP contribution in [-0.4, -0.2) is 25.6 Å². The van der Waals surface area contributed by atoms with Gasteiger partial charge in [0.1, 0.15) is 23.1 Å². The fourth-order valence-electron chi connectivity index (χ4n) is 3.36. The first kappa shape index (κ1) is 19.4. The van der Waals surface area contributed by atoms with Gasteiger partial charge in [-0.15, -0.1) is 0 Å². The minimum Gasteiger partial charge on any atom is -0.478 e. The molecule has 0 unspecified atom stereocenters. The highest BCUT2D eigenvalue weighted by Crippen LogP contribution is 2.30. The Labute approximate surface area is 169 Å². The fraction of sp³-hybridized carbons (Fsp3) is 0.0909. The molecule has 0 radical (unpaired) electrons. The molecule has 0 bridgehead atoms. The van der Waals surface area contributed by atoms with Gasteiger partial charge >= 0.3 is 5.97 Å². The van der Waals surface area contributed by atoms with E-state index in [0.717, 1.165) is 22.3 Å². The number of benzene rings is 2. The van der Waals surface area contributed by atoms with Gasteiger partial charge in [-0.25, -0.2) is 23.5 Å². The molecule has 2 aromatic heterocycles. The lowest BCUT2D eigenvalue weighted by molar-refractivity contribution is 0.0697. The van der Waals surface area contributed by atoms with Crippen molar-refractivity contribution in [2.45, 2.75) is 13.8 Å². The first-order valence-electron chi connectivity index (χ1n) is 8.97. The van der Waals surface area contributed by atoms with E-state index in [1.165, 1.54) is 30.3 Å². The quantitative estimate of drug-likeness (QED) is 0.554. The van der Waals surface area contributed by atoms with Crippen molar-refractivity contribution in [2.24, 2.45) is 0 Å². The first-order chi connectivity index (χ1) is 14.3. The predicted molar refractivity (Wildman–Crippen MR) is 107 cm³/mol. The number of nitrogens with zero attached hydrogens (tertiary/aromatic N) is 3. The van der Waals surface area contributed by atoms with E-state index in [2.05, 4.69) is 9.97 Å². The van der Waals surface area contributed by atoms with E-state index < -0.39 is 28.9 Å². The van der Waals surface area contributed by atoms with E-state index in [0.29, 0.717) is 16.6 Å². The van der Waals surface area contributed by atoms with E-state index in [-0.39, 0.29) is 17.0 Å². The van der Waals surface area contributed by atoms with Crippen LogP contribution in [0.2, 0.25) is 0 Å². The number of rotatable bonds is 3. The van der Waals surface area contributed by atoms with E-state index in [1.54, 1.807) is 19.9 Å². The summed E-state index contributed by atoms with van der Waals surface area (Å²) in [7, 11) is 0. The molecule has 0 saturated carbocycles. The number of pyridine rings is 1. The summed E-state index contributed by atoms with van der Waals surface area (Å²) in [6.07, 6.45) is 0. The summed E-state index contributed by atoms with van der Waals surface area (Å²) in [6, 6.07) is 10.5. The zero-order chi connectivity index (χ0) is 21.6. The molecule has 1 N–H and O–H groups in total. The lowest BCUT2D eigenvalue weighted by Crippen LogP contribution is -2.21. The number of aromatic carboxylic acids is 1. The molecule has 0 fully saturated rings. The number of para-hydroxylation sites is 1. The molecule has 2 aromatic carbocycles. The summed E-state index contributed by atoms with van der Waals surface area (Å²) in [4.78, 5) is 32.7.